The van der Waals surface area contributed by atoms with Gasteiger partial charge in [-0.25, -0.2) is 9.59 Å². The average Bonchev–Trinajstić information content (AvgIpc) is 2.59. The summed E-state index contributed by atoms with van der Waals surface area (Å²) in [7, 11) is 2.47. The monoisotopic (exact) mass is 298 g/mol. The number of ether oxygens (including phenoxy) is 2. The molecule has 0 aliphatic rings. The Morgan fingerprint density at radius 2 is 1.36 bits per heavy atom. The van der Waals surface area contributed by atoms with E-state index in [2.05, 4.69) is 9.47 Å². The maximum Gasteiger partial charge on any atom is 0.338 e. The molecule has 5 nitrogen and oxygen atoms in total. The lowest BCUT2D eigenvalue weighted by Gasteiger charge is -2.09. The Hall–Kier alpha value is -2.95. The molecular formula is C17H14O5. The molecule has 22 heavy (non-hydrogen) atoms. The van der Waals surface area contributed by atoms with E-state index in [1.807, 2.05) is 0 Å². The first kappa shape index (κ1) is 15.4. The molecule has 0 saturated heterocycles. The van der Waals surface area contributed by atoms with Crippen LogP contribution < -0.4 is 0 Å². The molecule has 0 atom stereocenters. The third kappa shape index (κ3) is 3.03. The van der Waals surface area contributed by atoms with Gasteiger partial charge in [-0.3, -0.25) is 4.79 Å². The van der Waals surface area contributed by atoms with Gasteiger partial charge in [0.05, 0.1) is 25.3 Å². The topological polar surface area (TPSA) is 69.7 Å². The molecule has 0 saturated carbocycles. The highest BCUT2D eigenvalue weighted by atomic mass is 16.5. The van der Waals surface area contributed by atoms with Gasteiger partial charge >= 0.3 is 11.9 Å². The molecule has 0 unspecified atom stereocenters. The molecule has 0 fully saturated rings. The molecule has 0 aliphatic heterocycles. The van der Waals surface area contributed by atoms with Crippen LogP contribution in [-0.2, 0) is 9.47 Å². The van der Waals surface area contributed by atoms with Crippen LogP contribution in [-0.4, -0.2) is 31.9 Å². The predicted octanol–water partition coefficient (Wildman–Crippen LogP) is 2.49. The maximum atomic E-state index is 12.6. The van der Waals surface area contributed by atoms with Crippen molar-refractivity contribution >= 4 is 17.7 Å². The molecule has 0 heterocycles. The lowest BCUT2D eigenvalue weighted by Crippen LogP contribution is -2.13. The fourth-order valence-electron chi connectivity index (χ4n) is 2.01. The Kier molecular flexibility index (Phi) is 4.68. The zero-order valence-electron chi connectivity index (χ0n) is 12.2. The Bertz CT molecular complexity index is 719. The summed E-state index contributed by atoms with van der Waals surface area (Å²) in [6, 6.07) is 12.6. The molecule has 0 radical (unpaired) electrons. The second-order valence-corrected chi connectivity index (χ2v) is 4.44. The summed E-state index contributed by atoms with van der Waals surface area (Å²) in [6.07, 6.45) is 0. The smallest absolute Gasteiger partial charge is 0.338 e. The molecule has 0 aliphatic carbocycles. The zero-order chi connectivity index (χ0) is 16.1. The Morgan fingerprint density at radius 3 is 1.95 bits per heavy atom. The van der Waals surface area contributed by atoms with Gasteiger partial charge in [0.15, 0.2) is 5.78 Å². The third-order valence-corrected chi connectivity index (χ3v) is 3.13. The minimum absolute atomic E-state index is 0.0981. The summed E-state index contributed by atoms with van der Waals surface area (Å²) in [4.78, 5) is 36.0. The van der Waals surface area contributed by atoms with E-state index in [0.29, 0.717) is 5.56 Å². The van der Waals surface area contributed by atoms with Gasteiger partial charge in [0.25, 0.3) is 0 Å². The van der Waals surface area contributed by atoms with E-state index in [0.717, 1.165) is 0 Å². The lowest BCUT2D eigenvalue weighted by molar-refractivity contribution is 0.0585. The van der Waals surface area contributed by atoms with E-state index in [4.69, 9.17) is 0 Å². The SMILES string of the molecule is COC(=O)c1ccc(C(=O)OC)c(C(=O)c2ccccc2)c1. The number of esters is 2. The van der Waals surface area contributed by atoms with Crippen LogP contribution in [0, 0.1) is 0 Å². The average molecular weight is 298 g/mol. The molecular weight excluding hydrogens is 284 g/mol. The number of methoxy groups -OCH3 is 2. The van der Waals surface area contributed by atoms with Gasteiger partial charge in [0, 0.05) is 11.1 Å². The normalized spacial score (nSPS) is 9.91. The third-order valence-electron chi connectivity index (χ3n) is 3.13. The van der Waals surface area contributed by atoms with Crippen LogP contribution in [0.15, 0.2) is 48.5 Å². The lowest BCUT2D eigenvalue weighted by atomic mass is 9.96. The summed E-state index contributed by atoms with van der Waals surface area (Å²) >= 11 is 0. The standard InChI is InChI=1S/C17H14O5/c1-21-16(19)12-8-9-13(17(20)22-2)14(10-12)15(18)11-6-4-3-5-7-11/h3-10H,1-2H3. The number of carbonyl (C=O) groups is 3. The van der Waals surface area contributed by atoms with Crippen LogP contribution in [0.5, 0.6) is 0 Å². The number of hydrogen-bond donors (Lipinski definition) is 0. The first-order valence-corrected chi connectivity index (χ1v) is 6.49. The molecule has 5 heteroatoms. The van der Waals surface area contributed by atoms with Gasteiger partial charge < -0.3 is 9.47 Å². The van der Waals surface area contributed by atoms with Gasteiger partial charge in [-0.2, -0.15) is 0 Å². The molecule has 0 bridgehead atoms. The maximum absolute atomic E-state index is 12.6. The van der Waals surface area contributed by atoms with E-state index in [-0.39, 0.29) is 22.5 Å². The molecule has 2 aromatic carbocycles. The summed E-state index contributed by atoms with van der Waals surface area (Å²) < 4.78 is 9.32. The highest BCUT2D eigenvalue weighted by molar-refractivity contribution is 6.15. The van der Waals surface area contributed by atoms with Crippen molar-refractivity contribution in [3.05, 3.63) is 70.8 Å². The summed E-state index contributed by atoms with van der Waals surface area (Å²) in [6.45, 7) is 0. The Balaban J connectivity index is 2.57. The van der Waals surface area contributed by atoms with Crippen molar-refractivity contribution in [2.24, 2.45) is 0 Å². The van der Waals surface area contributed by atoms with E-state index >= 15 is 0 Å². The summed E-state index contributed by atoms with van der Waals surface area (Å²) in [5.41, 5.74) is 0.800. The summed E-state index contributed by atoms with van der Waals surface area (Å²) in [5.74, 6) is -1.60. The minimum Gasteiger partial charge on any atom is -0.465 e. The van der Waals surface area contributed by atoms with Crippen molar-refractivity contribution in [3.63, 3.8) is 0 Å². The highest BCUT2D eigenvalue weighted by Gasteiger charge is 2.21. The van der Waals surface area contributed by atoms with Gasteiger partial charge in [-0.05, 0) is 18.2 Å². The quantitative estimate of drug-likeness (QED) is 0.640. The molecule has 0 aromatic heterocycles. The van der Waals surface area contributed by atoms with Crippen molar-refractivity contribution in [3.8, 4) is 0 Å². The van der Waals surface area contributed by atoms with Crippen molar-refractivity contribution in [2.45, 2.75) is 0 Å². The largest absolute Gasteiger partial charge is 0.465 e. The number of hydrogen-bond acceptors (Lipinski definition) is 5. The summed E-state index contributed by atoms with van der Waals surface area (Å²) in [5, 5.41) is 0. The molecule has 2 aromatic rings. The van der Waals surface area contributed by atoms with E-state index < -0.39 is 11.9 Å². The molecule has 112 valence electrons. The van der Waals surface area contributed by atoms with Crippen molar-refractivity contribution < 1.29 is 23.9 Å². The number of benzene rings is 2. The second-order valence-electron chi connectivity index (χ2n) is 4.44. The minimum atomic E-state index is -0.643. The van der Waals surface area contributed by atoms with Crippen molar-refractivity contribution in [1.29, 1.82) is 0 Å². The first-order valence-electron chi connectivity index (χ1n) is 6.49. The molecule has 0 amide bonds. The fourth-order valence-corrected chi connectivity index (χ4v) is 2.01. The Morgan fingerprint density at radius 1 is 0.727 bits per heavy atom. The first-order chi connectivity index (χ1) is 10.6. The molecule has 2 rings (SSSR count). The van der Waals surface area contributed by atoms with Crippen LogP contribution in [0.4, 0.5) is 0 Å². The number of ketones is 1. The van der Waals surface area contributed by atoms with Crippen LogP contribution in [0.1, 0.15) is 36.6 Å². The van der Waals surface area contributed by atoms with Gasteiger partial charge in [0.2, 0.25) is 0 Å². The van der Waals surface area contributed by atoms with Crippen LogP contribution in [0.2, 0.25) is 0 Å². The van der Waals surface area contributed by atoms with E-state index in [9.17, 15) is 14.4 Å². The van der Waals surface area contributed by atoms with E-state index in [1.54, 1.807) is 30.3 Å². The second kappa shape index (κ2) is 6.67. The van der Waals surface area contributed by atoms with Crippen LogP contribution >= 0.6 is 0 Å². The molecule has 0 N–H and O–H groups in total. The van der Waals surface area contributed by atoms with Crippen molar-refractivity contribution in [2.75, 3.05) is 14.2 Å². The van der Waals surface area contributed by atoms with Gasteiger partial charge in [0.1, 0.15) is 0 Å². The fraction of sp³-hybridized carbons (Fsp3) is 0.118. The van der Waals surface area contributed by atoms with Crippen LogP contribution in [0.3, 0.4) is 0 Å². The highest BCUT2D eigenvalue weighted by Crippen LogP contribution is 2.18. The van der Waals surface area contributed by atoms with Crippen LogP contribution in [0.25, 0.3) is 0 Å². The molecule has 0 spiro atoms. The zero-order valence-corrected chi connectivity index (χ0v) is 12.2. The van der Waals surface area contributed by atoms with Crippen molar-refractivity contribution in [1.82, 2.24) is 0 Å². The predicted molar refractivity (Wildman–Crippen MR) is 79.0 cm³/mol. The van der Waals surface area contributed by atoms with Gasteiger partial charge in [-0.1, -0.05) is 30.3 Å². The van der Waals surface area contributed by atoms with Gasteiger partial charge in [-0.15, -0.1) is 0 Å². The Labute approximate surface area is 127 Å². The number of carbonyl (C=O) groups excluding carboxylic acids is 3. The van der Waals surface area contributed by atoms with E-state index in [1.165, 1.54) is 32.4 Å². The number of rotatable bonds is 4.